The number of Topliss-reactive ketones (excluding diaryl/α,β-unsaturated/α-hetero) is 1. The maximum Gasteiger partial charge on any atom is 0.300 e. The molecule has 1 heterocycles. The van der Waals surface area contributed by atoms with Gasteiger partial charge < -0.3 is 19.5 Å². The molecule has 192 valence electrons. The van der Waals surface area contributed by atoms with Crippen molar-refractivity contribution in [2.45, 2.75) is 32.9 Å². The van der Waals surface area contributed by atoms with Crippen molar-refractivity contribution in [2.24, 2.45) is 0 Å². The number of hydrogen-bond donors (Lipinski definition) is 1. The molecule has 1 aliphatic rings. The Hall–Kier alpha value is -4.26. The molecule has 4 rings (SSSR count). The Balaban J connectivity index is 1.83. The van der Waals surface area contributed by atoms with Crippen molar-refractivity contribution in [2.75, 3.05) is 30.5 Å². The van der Waals surface area contributed by atoms with E-state index in [4.69, 9.17) is 9.47 Å². The smallest absolute Gasteiger partial charge is 0.300 e. The summed E-state index contributed by atoms with van der Waals surface area (Å²) >= 11 is 0. The van der Waals surface area contributed by atoms with Crippen molar-refractivity contribution in [3.8, 4) is 11.5 Å². The third-order valence-electron chi connectivity index (χ3n) is 6.10. The highest BCUT2D eigenvalue weighted by atomic mass is 16.5. The monoisotopic (exact) mass is 500 g/mol. The van der Waals surface area contributed by atoms with E-state index < -0.39 is 17.7 Å². The van der Waals surface area contributed by atoms with Crippen molar-refractivity contribution >= 4 is 28.8 Å². The lowest BCUT2D eigenvalue weighted by Gasteiger charge is -2.26. The fraction of sp³-hybridized carbons (Fsp3) is 0.267. The fourth-order valence-corrected chi connectivity index (χ4v) is 4.36. The molecule has 0 aromatic heterocycles. The second-order valence-corrected chi connectivity index (χ2v) is 9.27. The predicted octanol–water partition coefficient (Wildman–Crippen LogP) is 5.56. The molecule has 1 saturated heterocycles. The zero-order valence-corrected chi connectivity index (χ0v) is 21.8. The number of aliphatic hydroxyl groups excluding tert-OH is 1. The highest BCUT2D eigenvalue weighted by Crippen LogP contribution is 2.43. The van der Waals surface area contributed by atoms with Crippen LogP contribution in [0.1, 0.15) is 37.9 Å². The molecule has 1 N–H and O–H groups in total. The van der Waals surface area contributed by atoms with Crippen molar-refractivity contribution in [3.63, 3.8) is 0 Å². The van der Waals surface area contributed by atoms with Crippen LogP contribution >= 0.6 is 0 Å². The van der Waals surface area contributed by atoms with E-state index in [0.717, 1.165) is 5.69 Å². The Kier molecular flexibility index (Phi) is 7.53. The Morgan fingerprint density at radius 1 is 0.919 bits per heavy atom. The molecule has 7 heteroatoms. The van der Waals surface area contributed by atoms with Gasteiger partial charge in [0.25, 0.3) is 11.7 Å². The van der Waals surface area contributed by atoms with Crippen LogP contribution in [0.3, 0.4) is 0 Å². The van der Waals surface area contributed by atoms with Crippen LogP contribution in [0.15, 0.2) is 78.4 Å². The van der Waals surface area contributed by atoms with Crippen molar-refractivity contribution < 1.29 is 24.2 Å². The number of hydrogen-bond acceptors (Lipinski definition) is 6. The molecule has 1 atom stereocenters. The summed E-state index contributed by atoms with van der Waals surface area (Å²) in [5, 5.41) is 11.3. The van der Waals surface area contributed by atoms with E-state index in [1.54, 1.807) is 48.5 Å². The van der Waals surface area contributed by atoms with Gasteiger partial charge in [0.2, 0.25) is 0 Å². The number of ketones is 1. The van der Waals surface area contributed by atoms with Crippen LogP contribution < -0.4 is 19.3 Å². The van der Waals surface area contributed by atoms with E-state index in [1.807, 2.05) is 64.0 Å². The average Bonchev–Trinajstić information content (AvgIpc) is 3.14. The van der Waals surface area contributed by atoms with Crippen LogP contribution in [0.2, 0.25) is 0 Å². The number of benzene rings is 3. The second kappa shape index (κ2) is 10.8. The van der Waals surface area contributed by atoms with Crippen LogP contribution in [0, 0.1) is 0 Å². The SMILES string of the molecule is CCOc1ccc(C2/C(=C(\O)c3ccc(OC(C)C)cc3)C(=O)C(=O)N2c2ccc(N(C)C)cc2)cc1. The van der Waals surface area contributed by atoms with Crippen LogP contribution in [-0.2, 0) is 9.59 Å². The largest absolute Gasteiger partial charge is 0.507 e. The van der Waals surface area contributed by atoms with Gasteiger partial charge in [-0.1, -0.05) is 12.1 Å². The fourth-order valence-electron chi connectivity index (χ4n) is 4.36. The number of amides is 1. The molecule has 3 aromatic carbocycles. The van der Waals surface area contributed by atoms with E-state index in [-0.39, 0.29) is 17.4 Å². The first-order valence-corrected chi connectivity index (χ1v) is 12.3. The number of nitrogens with zero attached hydrogens (tertiary/aromatic N) is 2. The van der Waals surface area contributed by atoms with Crippen molar-refractivity contribution in [3.05, 3.63) is 89.5 Å². The zero-order chi connectivity index (χ0) is 26.7. The molecule has 0 spiro atoms. The molecule has 0 radical (unpaired) electrons. The van der Waals surface area contributed by atoms with Gasteiger partial charge in [0.15, 0.2) is 0 Å². The molecule has 1 amide bonds. The highest BCUT2D eigenvalue weighted by molar-refractivity contribution is 6.51. The van der Waals surface area contributed by atoms with E-state index in [1.165, 1.54) is 4.90 Å². The number of aliphatic hydroxyl groups is 1. The van der Waals surface area contributed by atoms with E-state index >= 15 is 0 Å². The lowest BCUT2D eigenvalue weighted by atomic mass is 9.95. The standard InChI is InChI=1S/C30H32N2O5/c1-6-36-24-15-7-20(8-16-24)27-26(28(33)21-9-17-25(18-10-21)37-19(2)3)29(34)30(35)32(27)23-13-11-22(12-14-23)31(4)5/h7-19,27,33H,6H2,1-5H3/b28-26+. The van der Waals surface area contributed by atoms with Gasteiger partial charge in [-0.2, -0.15) is 0 Å². The molecule has 0 aliphatic carbocycles. The normalized spacial score (nSPS) is 16.8. The third-order valence-corrected chi connectivity index (χ3v) is 6.10. The van der Waals surface area contributed by atoms with Crippen LogP contribution in [0.4, 0.5) is 11.4 Å². The summed E-state index contributed by atoms with van der Waals surface area (Å²) in [5.74, 6) is -0.343. The first kappa shape index (κ1) is 25.8. The predicted molar refractivity (Wildman–Crippen MR) is 145 cm³/mol. The Labute approximate surface area is 217 Å². The van der Waals surface area contributed by atoms with E-state index in [2.05, 4.69) is 0 Å². The summed E-state index contributed by atoms with van der Waals surface area (Å²) in [6.07, 6.45) is 0.00307. The molecule has 1 unspecified atom stereocenters. The summed E-state index contributed by atoms with van der Waals surface area (Å²) < 4.78 is 11.3. The number of carbonyl (C=O) groups excluding carboxylic acids is 2. The Morgan fingerprint density at radius 2 is 1.51 bits per heavy atom. The van der Waals surface area contributed by atoms with Gasteiger partial charge in [-0.15, -0.1) is 0 Å². The molecule has 1 aliphatic heterocycles. The van der Waals surface area contributed by atoms with Crippen LogP contribution in [-0.4, -0.2) is 43.6 Å². The van der Waals surface area contributed by atoms with Gasteiger partial charge in [-0.3, -0.25) is 14.5 Å². The summed E-state index contributed by atoms with van der Waals surface area (Å²) in [6, 6.07) is 20.6. The first-order chi connectivity index (χ1) is 17.7. The molecular formula is C30H32N2O5. The van der Waals surface area contributed by atoms with Crippen LogP contribution in [0.25, 0.3) is 5.76 Å². The Morgan fingerprint density at radius 3 is 2.05 bits per heavy atom. The summed E-state index contributed by atoms with van der Waals surface area (Å²) in [4.78, 5) is 30.1. The maximum atomic E-state index is 13.4. The molecule has 0 bridgehead atoms. The van der Waals surface area contributed by atoms with Gasteiger partial charge in [0.05, 0.1) is 24.3 Å². The average molecular weight is 501 g/mol. The molecular weight excluding hydrogens is 468 g/mol. The molecule has 3 aromatic rings. The number of ether oxygens (including phenoxy) is 2. The quantitative estimate of drug-likeness (QED) is 0.248. The first-order valence-electron chi connectivity index (χ1n) is 12.3. The zero-order valence-electron chi connectivity index (χ0n) is 21.8. The second-order valence-electron chi connectivity index (χ2n) is 9.27. The van der Waals surface area contributed by atoms with Crippen LogP contribution in [0.5, 0.6) is 11.5 Å². The minimum atomic E-state index is -0.813. The third kappa shape index (κ3) is 5.31. The van der Waals surface area contributed by atoms with Gasteiger partial charge in [-0.05, 0) is 87.0 Å². The highest BCUT2D eigenvalue weighted by Gasteiger charge is 2.47. The Bertz CT molecular complexity index is 1290. The van der Waals surface area contributed by atoms with Crippen molar-refractivity contribution in [1.82, 2.24) is 0 Å². The molecule has 37 heavy (non-hydrogen) atoms. The lowest BCUT2D eigenvalue weighted by Crippen LogP contribution is -2.29. The molecule has 0 saturated carbocycles. The number of anilines is 2. The van der Waals surface area contributed by atoms with Crippen molar-refractivity contribution in [1.29, 1.82) is 0 Å². The van der Waals surface area contributed by atoms with Gasteiger partial charge >= 0.3 is 0 Å². The minimum absolute atomic E-state index is 0.00307. The van der Waals surface area contributed by atoms with Gasteiger partial charge in [0.1, 0.15) is 17.3 Å². The molecule has 7 nitrogen and oxygen atoms in total. The number of carbonyl (C=O) groups is 2. The topological polar surface area (TPSA) is 79.3 Å². The summed E-state index contributed by atoms with van der Waals surface area (Å²) in [5.41, 5.74) is 2.66. The maximum absolute atomic E-state index is 13.4. The summed E-state index contributed by atoms with van der Waals surface area (Å²) in [6.45, 7) is 6.28. The van der Waals surface area contributed by atoms with Gasteiger partial charge in [0, 0.05) is 31.0 Å². The van der Waals surface area contributed by atoms with E-state index in [0.29, 0.717) is 34.9 Å². The van der Waals surface area contributed by atoms with E-state index in [9.17, 15) is 14.7 Å². The molecule has 1 fully saturated rings. The lowest BCUT2D eigenvalue weighted by molar-refractivity contribution is -0.132. The minimum Gasteiger partial charge on any atom is -0.507 e. The number of rotatable bonds is 8. The summed E-state index contributed by atoms with van der Waals surface area (Å²) in [7, 11) is 3.86. The van der Waals surface area contributed by atoms with Gasteiger partial charge in [-0.25, -0.2) is 0 Å².